The Kier molecular flexibility index (Phi) is 2.41. The van der Waals surface area contributed by atoms with Gasteiger partial charge in [0.25, 0.3) is 5.71 Å². The molecule has 0 aliphatic carbocycles. The van der Waals surface area contributed by atoms with Crippen molar-refractivity contribution in [2.75, 3.05) is 18.4 Å². The highest BCUT2D eigenvalue weighted by molar-refractivity contribution is 5.71. The number of anilines is 1. The zero-order chi connectivity index (χ0) is 10.8. The molecule has 1 fully saturated rings. The second-order valence-electron chi connectivity index (χ2n) is 3.97. The summed E-state index contributed by atoms with van der Waals surface area (Å²) >= 11 is 0. The summed E-state index contributed by atoms with van der Waals surface area (Å²) in [5.41, 5.74) is 0.529. The van der Waals surface area contributed by atoms with Crippen molar-refractivity contribution in [3.05, 3.63) is 12.4 Å². The van der Waals surface area contributed by atoms with Crippen LogP contribution in [0.4, 0.5) is 5.95 Å². The molecule has 0 aromatic carbocycles. The van der Waals surface area contributed by atoms with E-state index in [0.29, 0.717) is 17.7 Å². The van der Waals surface area contributed by atoms with Crippen LogP contribution in [0.5, 0.6) is 0 Å². The number of nitrogens with zero attached hydrogens (tertiary/aromatic N) is 3. The first-order valence-electron chi connectivity index (χ1n) is 5.46. The molecule has 3 heterocycles. The summed E-state index contributed by atoms with van der Waals surface area (Å²) in [6.07, 6.45) is 5.66. The Morgan fingerprint density at radius 1 is 1.44 bits per heavy atom. The minimum Gasteiger partial charge on any atom is -0.350 e. The van der Waals surface area contributed by atoms with Crippen LogP contribution in [0.1, 0.15) is 12.8 Å². The molecular formula is C10H13N5O. The summed E-state index contributed by atoms with van der Waals surface area (Å²) in [6, 6.07) is 0.397. The third-order valence-corrected chi connectivity index (χ3v) is 2.74. The van der Waals surface area contributed by atoms with E-state index in [9.17, 15) is 0 Å². The molecule has 1 aliphatic rings. The van der Waals surface area contributed by atoms with Gasteiger partial charge in [-0.2, -0.15) is 4.98 Å². The van der Waals surface area contributed by atoms with Crippen LogP contribution in [0.15, 0.2) is 16.9 Å². The number of rotatable bonds is 2. The van der Waals surface area contributed by atoms with E-state index in [1.807, 2.05) is 0 Å². The van der Waals surface area contributed by atoms with Crippen molar-refractivity contribution in [1.29, 1.82) is 0 Å². The topological polar surface area (TPSA) is 75.9 Å². The van der Waals surface area contributed by atoms with Crippen molar-refractivity contribution in [1.82, 2.24) is 20.4 Å². The maximum atomic E-state index is 4.99. The van der Waals surface area contributed by atoms with Crippen LogP contribution >= 0.6 is 0 Å². The van der Waals surface area contributed by atoms with E-state index in [0.717, 1.165) is 24.9 Å². The van der Waals surface area contributed by atoms with Gasteiger partial charge < -0.3 is 15.2 Å². The van der Waals surface area contributed by atoms with Crippen molar-refractivity contribution in [3.63, 3.8) is 0 Å². The highest BCUT2D eigenvalue weighted by Gasteiger charge is 2.14. The molecule has 6 heteroatoms. The zero-order valence-electron chi connectivity index (χ0n) is 8.81. The Morgan fingerprint density at radius 3 is 3.31 bits per heavy atom. The Morgan fingerprint density at radius 2 is 2.44 bits per heavy atom. The highest BCUT2D eigenvalue weighted by atomic mass is 16.5. The van der Waals surface area contributed by atoms with Gasteiger partial charge in [0.15, 0.2) is 0 Å². The van der Waals surface area contributed by atoms with E-state index in [2.05, 4.69) is 25.8 Å². The second kappa shape index (κ2) is 4.05. The van der Waals surface area contributed by atoms with Crippen molar-refractivity contribution in [3.8, 4) is 0 Å². The first-order valence-corrected chi connectivity index (χ1v) is 5.46. The molecule has 0 radical (unpaired) electrons. The van der Waals surface area contributed by atoms with Crippen molar-refractivity contribution in [2.45, 2.75) is 18.9 Å². The van der Waals surface area contributed by atoms with Crippen LogP contribution < -0.4 is 10.6 Å². The average Bonchev–Trinajstić information content (AvgIpc) is 2.77. The maximum absolute atomic E-state index is 4.99. The Bertz CT molecular complexity index is 477. The number of aromatic nitrogens is 3. The van der Waals surface area contributed by atoms with Gasteiger partial charge in [-0.15, -0.1) is 0 Å². The highest BCUT2D eigenvalue weighted by Crippen LogP contribution is 2.13. The molecule has 2 N–H and O–H groups in total. The largest absolute Gasteiger partial charge is 0.350 e. The van der Waals surface area contributed by atoms with Crippen LogP contribution in [0.25, 0.3) is 11.1 Å². The van der Waals surface area contributed by atoms with Crippen LogP contribution in [0.2, 0.25) is 0 Å². The lowest BCUT2D eigenvalue weighted by Gasteiger charge is -2.23. The fourth-order valence-electron chi connectivity index (χ4n) is 1.90. The van der Waals surface area contributed by atoms with Crippen molar-refractivity contribution < 1.29 is 4.52 Å². The molecule has 6 nitrogen and oxygen atoms in total. The molecule has 1 atom stereocenters. The molecule has 0 amide bonds. The summed E-state index contributed by atoms with van der Waals surface area (Å²) < 4.78 is 4.99. The summed E-state index contributed by atoms with van der Waals surface area (Å²) in [7, 11) is 0. The van der Waals surface area contributed by atoms with Crippen LogP contribution in [-0.2, 0) is 0 Å². The van der Waals surface area contributed by atoms with Gasteiger partial charge in [0.1, 0.15) is 0 Å². The number of fused-ring (bicyclic) bond motifs is 1. The Hall–Kier alpha value is -1.69. The van der Waals surface area contributed by atoms with Gasteiger partial charge in [0.05, 0.1) is 11.6 Å². The standard InChI is InChI=1S/C10H13N5O/c1-2-8(6-11-3-1)14-10-12-4-7-5-13-16-9(7)15-10/h4-5,8,11H,1-3,6H2,(H,12,14,15). The Labute approximate surface area is 92.4 Å². The fraction of sp³-hybridized carbons (Fsp3) is 0.500. The quantitative estimate of drug-likeness (QED) is 0.777. The van der Waals surface area contributed by atoms with Gasteiger partial charge in [-0.1, -0.05) is 5.16 Å². The van der Waals surface area contributed by atoms with Gasteiger partial charge in [0.2, 0.25) is 5.95 Å². The first kappa shape index (κ1) is 9.53. The minimum atomic E-state index is 0.397. The van der Waals surface area contributed by atoms with E-state index in [1.54, 1.807) is 12.4 Å². The molecule has 2 aromatic heterocycles. The van der Waals surface area contributed by atoms with Crippen molar-refractivity contribution in [2.24, 2.45) is 0 Å². The molecule has 1 aliphatic heterocycles. The number of hydrogen-bond acceptors (Lipinski definition) is 6. The predicted octanol–water partition coefficient (Wildman–Crippen LogP) is 0.782. The molecule has 0 saturated carbocycles. The molecule has 1 unspecified atom stereocenters. The minimum absolute atomic E-state index is 0.397. The number of hydrogen-bond donors (Lipinski definition) is 2. The normalized spacial score (nSPS) is 21.1. The molecule has 84 valence electrons. The van der Waals surface area contributed by atoms with E-state index >= 15 is 0 Å². The molecule has 2 aromatic rings. The number of piperidine rings is 1. The summed E-state index contributed by atoms with van der Waals surface area (Å²) in [5.74, 6) is 0.609. The van der Waals surface area contributed by atoms with E-state index < -0.39 is 0 Å². The average molecular weight is 219 g/mol. The Balaban J connectivity index is 1.77. The van der Waals surface area contributed by atoms with Gasteiger partial charge in [-0.3, -0.25) is 0 Å². The molecule has 16 heavy (non-hydrogen) atoms. The number of nitrogens with one attached hydrogen (secondary N) is 2. The van der Waals surface area contributed by atoms with Gasteiger partial charge in [0, 0.05) is 18.8 Å². The summed E-state index contributed by atoms with van der Waals surface area (Å²) in [6.45, 7) is 2.05. The zero-order valence-corrected chi connectivity index (χ0v) is 8.81. The molecule has 3 rings (SSSR count). The second-order valence-corrected chi connectivity index (χ2v) is 3.97. The van der Waals surface area contributed by atoms with E-state index in [1.165, 1.54) is 6.42 Å². The van der Waals surface area contributed by atoms with Crippen LogP contribution in [-0.4, -0.2) is 34.3 Å². The van der Waals surface area contributed by atoms with Crippen LogP contribution in [0, 0.1) is 0 Å². The molecule has 0 spiro atoms. The fourth-order valence-corrected chi connectivity index (χ4v) is 1.90. The first-order chi connectivity index (χ1) is 7.92. The SMILES string of the molecule is c1noc2nc(NC3CCCNC3)ncc12. The lowest BCUT2D eigenvalue weighted by Crippen LogP contribution is -2.38. The van der Waals surface area contributed by atoms with Gasteiger partial charge in [-0.05, 0) is 19.4 Å². The smallest absolute Gasteiger partial charge is 0.262 e. The van der Waals surface area contributed by atoms with Gasteiger partial charge in [-0.25, -0.2) is 4.98 Å². The molecule has 1 saturated heterocycles. The van der Waals surface area contributed by atoms with Gasteiger partial charge >= 0.3 is 0 Å². The monoisotopic (exact) mass is 219 g/mol. The summed E-state index contributed by atoms with van der Waals surface area (Å²) in [4.78, 5) is 8.47. The lowest BCUT2D eigenvalue weighted by molar-refractivity contribution is 0.447. The summed E-state index contributed by atoms with van der Waals surface area (Å²) in [5, 5.41) is 11.1. The molecular weight excluding hydrogens is 206 g/mol. The lowest BCUT2D eigenvalue weighted by atomic mass is 10.1. The van der Waals surface area contributed by atoms with Crippen LogP contribution in [0.3, 0.4) is 0 Å². The third kappa shape index (κ3) is 1.83. The van der Waals surface area contributed by atoms with Crippen molar-refractivity contribution >= 4 is 17.0 Å². The van der Waals surface area contributed by atoms with E-state index in [-0.39, 0.29) is 0 Å². The maximum Gasteiger partial charge on any atom is 0.262 e. The van der Waals surface area contributed by atoms with E-state index in [4.69, 9.17) is 4.52 Å². The molecule has 0 bridgehead atoms. The third-order valence-electron chi connectivity index (χ3n) is 2.74. The predicted molar refractivity (Wildman–Crippen MR) is 59.1 cm³/mol.